The van der Waals surface area contributed by atoms with Crippen molar-refractivity contribution in [2.75, 3.05) is 11.1 Å². The summed E-state index contributed by atoms with van der Waals surface area (Å²) in [6.45, 7) is 2.44. The van der Waals surface area contributed by atoms with E-state index < -0.39 is 0 Å². The number of nitrogens with zero attached hydrogens (tertiary/aromatic N) is 3. The Bertz CT molecular complexity index is 1230. The summed E-state index contributed by atoms with van der Waals surface area (Å²) < 4.78 is 2.92. The highest BCUT2D eigenvalue weighted by atomic mass is 79.9. The molecule has 0 amide bonds. The molecule has 3 aromatic carbocycles. The predicted octanol–water partition coefficient (Wildman–Crippen LogP) is 6.58. The summed E-state index contributed by atoms with van der Waals surface area (Å²) in [5.74, 6) is 1.06. The fourth-order valence-electron chi connectivity index (χ4n) is 3.17. The van der Waals surface area contributed by atoms with E-state index in [1.807, 2.05) is 84.3 Å². The lowest BCUT2D eigenvalue weighted by atomic mass is 10.2. The number of carbonyl (C=O) groups is 1. The Morgan fingerprint density at radius 2 is 1.78 bits per heavy atom. The highest BCUT2D eigenvalue weighted by molar-refractivity contribution is 9.10. The van der Waals surface area contributed by atoms with Gasteiger partial charge in [0.1, 0.15) is 0 Å². The number of carbonyl (C=O) groups excluding carboxylic acids is 1. The van der Waals surface area contributed by atoms with Gasteiger partial charge in [-0.05, 0) is 48.9 Å². The maximum Gasteiger partial charge on any atom is 0.196 e. The molecular formula is C24H20BrClN4OS. The Morgan fingerprint density at radius 3 is 2.53 bits per heavy atom. The monoisotopic (exact) mass is 526 g/mol. The number of nitrogens with one attached hydrogen (secondary N) is 1. The van der Waals surface area contributed by atoms with Crippen molar-refractivity contribution in [3.05, 3.63) is 99.2 Å². The molecule has 0 aliphatic carbocycles. The molecule has 162 valence electrons. The van der Waals surface area contributed by atoms with Crippen LogP contribution in [0.25, 0.3) is 5.69 Å². The lowest BCUT2D eigenvalue weighted by Gasteiger charge is -2.13. The van der Waals surface area contributed by atoms with Crippen molar-refractivity contribution in [3.8, 4) is 5.69 Å². The van der Waals surface area contributed by atoms with E-state index in [2.05, 4.69) is 31.4 Å². The van der Waals surface area contributed by atoms with E-state index in [4.69, 9.17) is 11.6 Å². The maximum absolute atomic E-state index is 12.6. The summed E-state index contributed by atoms with van der Waals surface area (Å²) in [5.41, 5.74) is 3.54. The number of hydrogen-bond acceptors (Lipinski definition) is 5. The first-order valence-corrected chi connectivity index (χ1v) is 12.1. The van der Waals surface area contributed by atoms with Crippen LogP contribution in [0.15, 0.2) is 82.4 Å². The van der Waals surface area contributed by atoms with E-state index in [9.17, 15) is 4.79 Å². The molecule has 0 fully saturated rings. The number of hydrogen-bond donors (Lipinski definition) is 1. The molecule has 1 N–H and O–H groups in total. The van der Waals surface area contributed by atoms with Gasteiger partial charge in [0.05, 0.1) is 12.3 Å². The summed E-state index contributed by atoms with van der Waals surface area (Å²) in [4.78, 5) is 12.6. The van der Waals surface area contributed by atoms with Gasteiger partial charge >= 0.3 is 0 Å². The first-order chi connectivity index (χ1) is 15.5. The van der Waals surface area contributed by atoms with Crippen LogP contribution in [0.5, 0.6) is 0 Å². The SMILES string of the molecule is Cc1c(Cl)cccc1NCc1nnc(SCC(=O)c2ccc(Br)cc2)n1-c1ccccc1. The Balaban J connectivity index is 1.56. The Morgan fingerprint density at radius 1 is 1.03 bits per heavy atom. The largest absolute Gasteiger partial charge is 0.377 e. The summed E-state index contributed by atoms with van der Waals surface area (Å²) in [6, 6.07) is 23.0. The lowest BCUT2D eigenvalue weighted by molar-refractivity contribution is 0.102. The summed E-state index contributed by atoms with van der Waals surface area (Å²) in [6.07, 6.45) is 0. The van der Waals surface area contributed by atoms with Gasteiger partial charge < -0.3 is 5.32 Å². The Kier molecular flexibility index (Phi) is 7.29. The Hall–Kier alpha value is -2.61. The summed E-state index contributed by atoms with van der Waals surface area (Å²) in [5, 5.41) is 13.6. The van der Waals surface area contributed by atoms with Crippen molar-refractivity contribution in [2.45, 2.75) is 18.6 Å². The number of Topliss-reactive ketones (excluding diaryl/α,β-unsaturated/α-hetero) is 1. The molecule has 0 unspecified atom stereocenters. The van der Waals surface area contributed by atoms with E-state index in [1.165, 1.54) is 11.8 Å². The minimum atomic E-state index is 0.0411. The van der Waals surface area contributed by atoms with Crippen LogP contribution < -0.4 is 5.32 Å². The molecule has 0 atom stereocenters. The van der Waals surface area contributed by atoms with Gasteiger partial charge in [-0.3, -0.25) is 9.36 Å². The van der Waals surface area contributed by atoms with Crippen molar-refractivity contribution in [1.82, 2.24) is 14.8 Å². The molecule has 0 bridgehead atoms. The van der Waals surface area contributed by atoms with E-state index in [1.54, 1.807) is 0 Å². The third-order valence-corrected chi connectivity index (χ3v) is 6.79. The molecule has 0 saturated carbocycles. The fraction of sp³-hybridized carbons (Fsp3) is 0.125. The molecule has 0 radical (unpaired) electrons. The van der Waals surface area contributed by atoms with Crippen molar-refractivity contribution < 1.29 is 4.79 Å². The van der Waals surface area contributed by atoms with E-state index in [-0.39, 0.29) is 11.5 Å². The van der Waals surface area contributed by atoms with Gasteiger partial charge in [-0.1, -0.05) is 75.7 Å². The van der Waals surface area contributed by atoms with Gasteiger partial charge in [-0.15, -0.1) is 10.2 Å². The molecule has 0 aliphatic heterocycles. The number of benzene rings is 3. The zero-order valence-electron chi connectivity index (χ0n) is 17.3. The number of rotatable bonds is 8. The standard InChI is InChI=1S/C24H20BrClN4OS/c1-16-20(26)8-5-9-21(16)27-14-23-28-29-24(30(23)19-6-3-2-4-7-19)32-15-22(31)17-10-12-18(25)13-11-17/h2-13,27H,14-15H2,1H3. The van der Waals surface area contributed by atoms with Gasteiger partial charge in [0.15, 0.2) is 16.8 Å². The van der Waals surface area contributed by atoms with Gasteiger partial charge in [-0.25, -0.2) is 0 Å². The number of anilines is 1. The highest BCUT2D eigenvalue weighted by Gasteiger charge is 2.17. The highest BCUT2D eigenvalue weighted by Crippen LogP contribution is 2.26. The number of ketones is 1. The Labute approximate surface area is 204 Å². The van der Waals surface area contributed by atoms with Crippen LogP contribution in [-0.4, -0.2) is 26.3 Å². The van der Waals surface area contributed by atoms with Crippen LogP contribution in [0.2, 0.25) is 5.02 Å². The topological polar surface area (TPSA) is 59.8 Å². The second kappa shape index (κ2) is 10.3. The smallest absolute Gasteiger partial charge is 0.196 e. The molecule has 4 rings (SSSR count). The number of thioether (sulfide) groups is 1. The zero-order valence-corrected chi connectivity index (χ0v) is 20.4. The quantitative estimate of drug-likeness (QED) is 0.207. The van der Waals surface area contributed by atoms with E-state index >= 15 is 0 Å². The molecule has 1 aromatic heterocycles. The third kappa shape index (κ3) is 5.23. The average molecular weight is 528 g/mol. The van der Waals surface area contributed by atoms with E-state index in [0.717, 1.165) is 27.2 Å². The maximum atomic E-state index is 12.6. The van der Waals surface area contributed by atoms with Gasteiger partial charge in [0, 0.05) is 26.4 Å². The average Bonchev–Trinajstić information content (AvgIpc) is 3.22. The first kappa shape index (κ1) is 22.6. The minimum Gasteiger partial charge on any atom is -0.377 e. The molecule has 32 heavy (non-hydrogen) atoms. The molecule has 0 saturated heterocycles. The van der Waals surface area contributed by atoms with Crippen LogP contribution in [0.3, 0.4) is 0 Å². The van der Waals surface area contributed by atoms with Crippen LogP contribution in [0.1, 0.15) is 21.7 Å². The van der Waals surface area contributed by atoms with Gasteiger partial charge in [-0.2, -0.15) is 0 Å². The minimum absolute atomic E-state index is 0.0411. The summed E-state index contributed by atoms with van der Waals surface area (Å²) >= 11 is 11.0. The zero-order chi connectivity index (χ0) is 22.5. The normalized spacial score (nSPS) is 10.8. The molecule has 0 spiro atoms. The lowest BCUT2D eigenvalue weighted by Crippen LogP contribution is -2.10. The van der Waals surface area contributed by atoms with Gasteiger partial charge in [0.2, 0.25) is 0 Å². The molecule has 8 heteroatoms. The van der Waals surface area contributed by atoms with Crippen molar-refractivity contribution in [1.29, 1.82) is 0 Å². The second-order valence-corrected chi connectivity index (χ2v) is 9.32. The first-order valence-electron chi connectivity index (χ1n) is 9.93. The molecule has 1 heterocycles. The van der Waals surface area contributed by atoms with Crippen molar-refractivity contribution in [2.24, 2.45) is 0 Å². The predicted molar refractivity (Wildman–Crippen MR) is 134 cm³/mol. The summed E-state index contributed by atoms with van der Waals surface area (Å²) in [7, 11) is 0. The van der Waals surface area contributed by atoms with Crippen LogP contribution in [0, 0.1) is 6.92 Å². The molecule has 5 nitrogen and oxygen atoms in total. The van der Waals surface area contributed by atoms with Gasteiger partial charge in [0.25, 0.3) is 0 Å². The molecule has 0 aliphatic rings. The number of aromatic nitrogens is 3. The third-order valence-electron chi connectivity index (χ3n) is 4.92. The number of halogens is 2. The van der Waals surface area contributed by atoms with Crippen LogP contribution in [-0.2, 0) is 6.54 Å². The second-order valence-electron chi connectivity index (χ2n) is 7.05. The van der Waals surface area contributed by atoms with Crippen LogP contribution >= 0.6 is 39.3 Å². The van der Waals surface area contributed by atoms with Crippen molar-refractivity contribution in [3.63, 3.8) is 0 Å². The van der Waals surface area contributed by atoms with Crippen molar-refractivity contribution >= 4 is 50.8 Å². The number of para-hydroxylation sites is 1. The van der Waals surface area contributed by atoms with Crippen LogP contribution in [0.4, 0.5) is 5.69 Å². The molecule has 4 aromatic rings. The molecular weight excluding hydrogens is 508 g/mol. The van der Waals surface area contributed by atoms with E-state index in [0.29, 0.717) is 22.3 Å². The fourth-order valence-corrected chi connectivity index (χ4v) is 4.47.